The van der Waals surface area contributed by atoms with Gasteiger partial charge in [0, 0.05) is 11.0 Å². The second-order valence-electron chi connectivity index (χ2n) is 6.97. The van der Waals surface area contributed by atoms with Crippen LogP contribution in [-0.2, 0) is 9.22 Å². The Bertz CT molecular complexity index is 303. The van der Waals surface area contributed by atoms with Gasteiger partial charge in [0.1, 0.15) is 0 Å². The first-order chi connectivity index (χ1) is 9.06. The van der Waals surface area contributed by atoms with E-state index in [1.165, 1.54) is 0 Å². The maximum Gasteiger partial charge on any atom is 0.225 e. The molecule has 0 heterocycles. The van der Waals surface area contributed by atoms with Gasteiger partial charge in [-0.2, -0.15) is 0 Å². The largest absolute Gasteiger partial charge is 0.413 e. The molecule has 0 saturated carbocycles. The van der Waals surface area contributed by atoms with Gasteiger partial charge in [0.05, 0.1) is 12.0 Å². The molecular weight excluding hydrogens is 381 g/mol. The van der Waals surface area contributed by atoms with Gasteiger partial charge in [-0.1, -0.05) is 63.6 Å². The molecule has 120 valence electrons. The summed E-state index contributed by atoms with van der Waals surface area (Å²) in [6.45, 7) is 16.1. The van der Waals surface area contributed by atoms with Crippen molar-refractivity contribution in [1.82, 2.24) is 5.32 Å². The van der Waals surface area contributed by atoms with Crippen LogP contribution >= 0.6 is 22.6 Å². The summed E-state index contributed by atoms with van der Waals surface area (Å²) in [6.07, 6.45) is 2.03. The van der Waals surface area contributed by atoms with Crippen molar-refractivity contribution in [3.63, 3.8) is 0 Å². The molecule has 0 aromatic heterocycles. The topological polar surface area (TPSA) is 38.3 Å². The van der Waals surface area contributed by atoms with Crippen LogP contribution in [0.1, 0.15) is 47.5 Å². The Balaban J connectivity index is 4.84. The van der Waals surface area contributed by atoms with Crippen LogP contribution in [0.5, 0.6) is 0 Å². The van der Waals surface area contributed by atoms with Gasteiger partial charge in [-0.15, -0.1) is 0 Å². The van der Waals surface area contributed by atoms with Gasteiger partial charge < -0.3 is 9.74 Å². The molecule has 0 spiro atoms. The Morgan fingerprint density at radius 2 is 1.90 bits per heavy atom. The fraction of sp³-hybridized carbons (Fsp3) is 0.933. The molecule has 1 amide bonds. The molecule has 0 aliphatic heterocycles. The number of carbonyl (C=O) groups is 1. The van der Waals surface area contributed by atoms with Crippen LogP contribution in [-0.4, -0.2) is 31.3 Å². The second-order valence-corrected chi connectivity index (χ2v) is 12.8. The standard InChI is InChI=1S/C15H32INO2Si/c1-8-9-13(12(2)14(18)17-11-10-16)19-20(6,7)15(3,4)5/h12-13H,8-11H2,1-7H3,(H,17,18)/t12-,13+/m1/s1. The Kier molecular flexibility index (Phi) is 8.90. The van der Waals surface area contributed by atoms with Crippen LogP contribution in [0.25, 0.3) is 0 Å². The number of alkyl halides is 1. The van der Waals surface area contributed by atoms with Crippen LogP contribution < -0.4 is 5.32 Å². The summed E-state index contributed by atoms with van der Waals surface area (Å²) >= 11 is 2.27. The summed E-state index contributed by atoms with van der Waals surface area (Å²) in [6, 6.07) is 0. The minimum atomic E-state index is -1.83. The molecule has 0 aromatic carbocycles. The molecule has 1 N–H and O–H groups in total. The van der Waals surface area contributed by atoms with Crippen molar-refractivity contribution in [1.29, 1.82) is 0 Å². The number of rotatable bonds is 8. The number of hydrogen-bond donors (Lipinski definition) is 1. The third kappa shape index (κ3) is 6.43. The Morgan fingerprint density at radius 1 is 1.35 bits per heavy atom. The number of nitrogens with one attached hydrogen (secondary N) is 1. The molecule has 0 saturated heterocycles. The average molecular weight is 413 g/mol. The molecule has 0 aromatic rings. The highest BCUT2D eigenvalue weighted by Gasteiger charge is 2.40. The van der Waals surface area contributed by atoms with Gasteiger partial charge in [0.25, 0.3) is 0 Å². The van der Waals surface area contributed by atoms with Gasteiger partial charge in [-0.25, -0.2) is 0 Å². The van der Waals surface area contributed by atoms with E-state index in [0.29, 0.717) is 0 Å². The normalized spacial score (nSPS) is 15.8. The van der Waals surface area contributed by atoms with E-state index < -0.39 is 8.32 Å². The Labute approximate surface area is 139 Å². The lowest BCUT2D eigenvalue weighted by molar-refractivity contribution is -0.127. The molecule has 2 atom stereocenters. The lowest BCUT2D eigenvalue weighted by Gasteiger charge is -2.40. The quantitative estimate of drug-likeness (QED) is 0.365. The SMILES string of the molecule is CCC[C@H](O[Si](C)(C)C(C)(C)C)[C@@H](C)C(=O)NCCI. The van der Waals surface area contributed by atoms with Crippen LogP contribution in [0.2, 0.25) is 18.1 Å². The number of halogens is 1. The Hall–Kier alpha value is 0.377. The summed E-state index contributed by atoms with van der Waals surface area (Å²) in [4.78, 5) is 12.2. The van der Waals surface area contributed by atoms with Crippen molar-refractivity contribution in [2.75, 3.05) is 11.0 Å². The molecular formula is C15H32INO2Si. The van der Waals surface area contributed by atoms with Crippen molar-refractivity contribution >= 4 is 36.8 Å². The minimum absolute atomic E-state index is 0.0371. The zero-order valence-corrected chi connectivity index (χ0v) is 17.3. The van der Waals surface area contributed by atoms with Crippen molar-refractivity contribution in [2.45, 2.75) is 71.7 Å². The summed E-state index contributed by atoms with van der Waals surface area (Å²) in [7, 11) is -1.83. The lowest BCUT2D eigenvalue weighted by atomic mass is 10.00. The van der Waals surface area contributed by atoms with Crippen LogP contribution in [0.3, 0.4) is 0 Å². The first-order valence-electron chi connectivity index (χ1n) is 7.58. The molecule has 0 rings (SSSR count). The molecule has 5 heteroatoms. The van der Waals surface area contributed by atoms with E-state index in [1.807, 2.05) is 6.92 Å². The Morgan fingerprint density at radius 3 is 2.30 bits per heavy atom. The van der Waals surface area contributed by atoms with Crippen LogP contribution in [0.4, 0.5) is 0 Å². The fourth-order valence-corrected chi connectivity index (χ4v) is 3.45. The van der Waals surface area contributed by atoms with Crippen molar-refractivity contribution in [3.05, 3.63) is 0 Å². The van der Waals surface area contributed by atoms with Crippen LogP contribution in [0, 0.1) is 5.92 Å². The molecule has 0 radical (unpaired) electrons. The molecule has 0 aliphatic carbocycles. The number of amides is 1. The molecule has 20 heavy (non-hydrogen) atoms. The highest BCUT2D eigenvalue weighted by atomic mass is 127. The maximum atomic E-state index is 12.2. The first-order valence-corrected chi connectivity index (χ1v) is 12.0. The van der Waals surface area contributed by atoms with E-state index in [2.05, 4.69) is 68.7 Å². The van der Waals surface area contributed by atoms with E-state index in [9.17, 15) is 4.79 Å². The summed E-state index contributed by atoms with van der Waals surface area (Å²) in [5, 5.41) is 3.16. The average Bonchev–Trinajstić information content (AvgIpc) is 2.32. The third-order valence-corrected chi connectivity index (χ3v) is 9.23. The monoisotopic (exact) mass is 413 g/mol. The van der Waals surface area contributed by atoms with E-state index in [0.717, 1.165) is 23.8 Å². The predicted molar refractivity (Wildman–Crippen MR) is 98.0 cm³/mol. The molecule has 0 aliphatic rings. The van der Waals surface area contributed by atoms with Gasteiger partial charge in [0.15, 0.2) is 8.32 Å². The van der Waals surface area contributed by atoms with Gasteiger partial charge >= 0.3 is 0 Å². The van der Waals surface area contributed by atoms with Gasteiger partial charge in [-0.3, -0.25) is 4.79 Å². The number of carbonyl (C=O) groups excluding carboxylic acids is 1. The minimum Gasteiger partial charge on any atom is -0.413 e. The zero-order valence-electron chi connectivity index (χ0n) is 14.2. The predicted octanol–water partition coefficient (Wildman–Crippen LogP) is 4.36. The van der Waals surface area contributed by atoms with Gasteiger partial charge in [-0.05, 0) is 24.6 Å². The third-order valence-electron chi connectivity index (χ3n) is 4.19. The zero-order chi connectivity index (χ0) is 16.0. The van der Waals surface area contributed by atoms with E-state index in [-0.39, 0.29) is 23.0 Å². The maximum absolute atomic E-state index is 12.2. The lowest BCUT2D eigenvalue weighted by Crippen LogP contribution is -2.48. The van der Waals surface area contributed by atoms with Crippen molar-refractivity contribution in [3.8, 4) is 0 Å². The van der Waals surface area contributed by atoms with E-state index in [1.54, 1.807) is 0 Å². The molecule has 0 unspecified atom stereocenters. The summed E-state index contributed by atoms with van der Waals surface area (Å²) in [5.74, 6) is 0.0471. The first kappa shape index (κ1) is 20.4. The fourth-order valence-electron chi connectivity index (χ4n) is 1.75. The summed E-state index contributed by atoms with van der Waals surface area (Å²) < 4.78 is 7.42. The summed E-state index contributed by atoms with van der Waals surface area (Å²) in [5.41, 5.74) is 0. The van der Waals surface area contributed by atoms with Crippen LogP contribution in [0.15, 0.2) is 0 Å². The molecule has 0 bridgehead atoms. The molecule has 0 fully saturated rings. The van der Waals surface area contributed by atoms with Gasteiger partial charge in [0.2, 0.25) is 5.91 Å². The van der Waals surface area contributed by atoms with E-state index in [4.69, 9.17) is 4.43 Å². The van der Waals surface area contributed by atoms with E-state index >= 15 is 0 Å². The highest BCUT2D eigenvalue weighted by molar-refractivity contribution is 14.1. The molecule has 3 nitrogen and oxygen atoms in total. The van der Waals surface area contributed by atoms with Crippen molar-refractivity contribution in [2.24, 2.45) is 5.92 Å². The highest BCUT2D eigenvalue weighted by Crippen LogP contribution is 2.38. The smallest absolute Gasteiger partial charge is 0.225 e. The second kappa shape index (κ2) is 8.73. The number of hydrogen-bond acceptors (Lipinski definition) is 2. The van der Waals surface area contributed by atoms with Crippen molar-refractivity contribution < 1.29 is 9.22 Å².